The molecule has 1 N–H and O–H groups in total. The summed E-state index contributed by atoms with van der Waals surface area (Å²) in [5.41, 5.74) is 3.34. The number of aryl methyl sites for hydroxylation is 1. The van der Waals surface area contributed by atoms with E-state index in [1.807, 2.05) is 33.8 Å². The van der Waals surface area contributed by atoms with Gasteiger partial charge >= 0.3 is 0 Å². The van der Waals surface area contributed by atoms with Gasteiger partial charge in [0.05, 0.1) is 10.6 Å². The molecule has 142 valence electrons. The molecule has 6 heteroatoms. The minimum absolute atomic E-state index is 0.0144. The smallest absolute Gasteiger partial charge is 0.262 e. The van der Waals surface area contributed by atoms with Gasteiger partial charge in [-0.15, -0.1) is 0 Å². The Hall–Kier alpha value is -2.47. The molecule has 0 saturated heterocycles. The minimum Gasteiger partial charge on any atom is -0.276 e. The lowest BCUT2D eigenvalue weighted by Crippen LogP contribution is -2.16. The molecule has 0 radical (unpaired) electrons. The zero-order valence-corrected chi connectivity index (χ0v) is 16.4. The number of nitrogens with one attached hydrogen (secondary N) is 1. The lowest BCUT2D eigenvalue weighted by atomic mass is 9.95. The van der Waals surface area contributed by atoms with Gasteiger partial charge in [-0.3, -0.25) is 4.72 Å². The Morgan fingerprint density at radius 1 is 1.00 bits per heavy atom. The van der Waals surface area contributed by atoms with E-state index in [2.05, 4.69) is 4.72 Å². The Kier molecular flexibility index (Phi) is 4.95. The van der Waals surface area contributed by atoms with Crippen LogP contribution in [-0.4, -0.2) is 8.42 Å². The van der Waals surface area contributed by atoms with Crippen molar-refractivity contribution in [2.24, 2.45) is 5.92 Å². The van der Waals surface area contributed by atoms with Crippen molar-refractivity contribution in [3.8, 4) is 0 Å². The van der Waals surface area contributed by atoms with Crippen LogP contribution in [0.25, 0.3) is 5.57 Å². The van der Waals surface area contributed by atoms with E-state index in [1.165, 1.54) is 18.2 Å². The second-order valence-electron chi connectivity index (χ2n) is 6.93. The van der Waals surface area contributed by atoms with Crippen LogP contribution in [0.2, 0.25) is 0 Å². The number of halogens is 2. The van der Waals surface area contributed by atoms with E-state index in [9.17, 15) is 17.2 Å². The fourth-order valence-electron chi connectivity index (χ4n) is 3.33. The quantitative estimate of drug-likeness (QED) is 0.756. The van der Waals surface area contributed by atoms with E-state index < -0.39 is 21.7 Å². The lowest BCUT2D eigenvalue weighted by molar-refractivity contribution is 0.582. The first-order chi connectivity index (χ1) is 12.6. The number of benzene rings is 2. The van der Waals surface area contributed by atoms with Gasteiger partial charge in [-0.2, -0.15) is 0 Å². The second-order valence-corrected chi connectivity index (χ2v) is 8.61. The van der Waals surface area contributed by atoms with E-state index in [-0.39, 0.29) is 22.1 Å². The van der Waals surface area contributed by atoms with Crippen molar-refractivity contribution in [3.63, 3.8) is 0 Å². The summed E-state index contributed by atoms with van der Waals surface area (Å²) >= 11 is 0. The standard InChI is InChI=1S/C21H21F2NO2S/c1-12-5-7-17(8-6-12)27(25,26)24-21-18(10-16(22)11-19(21)23)20-14(3)9-13(2)15(20)4/h5-11,13,24H,1-4H3. The molecule has 3 nitrogen and oxygen atoms in total. The van der Waals surface area contributed by atoms with Crippen molar-refractivity contribution in [1.29, 1.82) is 0 Å². The van der Waals surface area contributed by atoms with Gasteiger partial charge in [0.2, 0.25) is 0 Å². The van der Waals surface area contributed by atoms with Crippen molar-refractivity contribution in [2.45, 2.75) is 32.6 Å². The van der Waals surface area contributed by atoms with Crippen LogP contribution in [-0.2, 0) is 10.0 Å². The summed E-state index contributed by atoms with van der Waals surface area (Å²) in [6.45, 7) is 7.56. The molecule has 0 spiro atoms. The summed E-state index contributed by atoms with van der Waals surface area (Å²) in [6, 6.07) is 8.08. The molecule has 1 aliphatic rings. The Morgan fingerprint density at radius 2 is 1.63 bits per heavy atom. The first kappa shape index (κ1) is 19.3. The number of rotatable bonds is 4. The van der Waals surface area contributed by atoms with Crippen LogP contribution < -0.4 is 4.72 Å². The van der Waals surface area contributed by atoms with Crippen molar-refractivity contribution >= 4 is 21.3 Å². The summed E-state index contributed by atoms with van der Waals surface area (Å²) in [5.74, 6) is -1.59. The van der Waals surface area contributed by atoms with Crippen molar-refractivity contribution in [3.05, 3.63) is 76.4 Å². The van der Waals surface area contributed by atoms with Crippen LogP contribution in [0.15, 0.2) is 58.5 Å². The fourth-order valence-corrected chi connectivity index (χ4v) is 4.42. The number of anilines is 1. The Bertz CT molecular complexity index is 1070. The maximum Gasteiger partial charge on any atom is 0.262 e. The topological polar surface area (TPSA) is 46.2 Å². The largest absolute Gasteiger partial charge is 0.276 e. The zero-order chi connectivity index (χ0) is 19.9. The first-order valence-electron chi connectivity index (χ1n) is 8.58. The van der Waals surface area contributed by atoms with Gasteiger partial charge in [-0.25, -0.2) is 17.2 Å². The number of hydrogen-bond acceptors (Lipinski definition) is 2. The summed E-state index contributed by atoms with van der Waals surface area (Å²) in [4.78, 5) is 0.0144. The van der Waals surface area contributed by atoms with E-state index in [4.69, 9.17) is 0 Å². The molecule has 1 aliphatic carbocycles. The highest BCUT2D eigenvalue weighted by Gasteiger charge is 2.26. The van der Waals surface area contributed by atoms with Crippen LogP contribution in [0.1, 0.15) is 31.9 Å². The number of sulfonamides is 1. The normalized spacial score (nSPS) is 17.3. The molecular formula is C21H21F2NO2S. The van der Waals surface area contributed by atoms with Gasteiger partial charge in [-0.05, 0) is 56.0 Å². The molecule has 27 heavy (non-hydrogen) atoms. The molecule has 0 aromatic heterocycles. The molecule has 0 saturated carbocycles. The monoisotopic (exact) mass is 389 g/mol. The van der Waals surface area contributed by atoms with E-state index in [1.54, 1.807) is 12.1 Å². The highest BCUT2D eigenvalue weighted by molar-refractivity contribution is 7.92. The minimum atomic E-state index is -4.02. The molecule has 0 heterocycles. The van der Waals surface area contributed by atoms with Crippen LogP contribution in [0.4, 0.5) is 14.5 Å². The summed E-state index contributed by atoms with van der Waals surface area (Å²) in [7, 11) is -4.02. The molecule has 0 fully saturated rings. The van der Waals surface area contributed by atoms with Crippen LogP contribution in [0, 0.1) is 24.5 Å². The molecule has 1 unspecified atom stereocenters. The molecule has 2 aromatic carbocycles. The summed E-state index contributed by atoms with van der Waals surface area (Å²) in [5, 5.41) is 0. The van der Waals surface area contributed by atoms with Crippen molar-refractivity contribution in [2.75, 3.05) is 4.72 Å². The second kappa shape index (κ2) is 6.93. The van der Waals surface area contributed by atoms with Gasteiger partial charge < -0.3 is 0 Å². The third kappa shape index (κ3) is 3.67. The predicted molar refractivity (Wildman–Crippen MR) is 104 cm³/mol. The maximum atomic E-state index is 14.6. The number of hydrogen-bond donors (Lipinski definition) is 1. The third-order valence-corrected chi connectivity index (χ3v) is 6.23. The van der Waals surface area contributed by atoms with E-state index in [0.29, 0.717) is 11.6 Å². The van der Waals surface area contributed by atoms with E-state index in [0.717, 1.165) is 16.7 Å². The molecule has 0 aliphatic heterocycles. The van der Waals surface area contributed by atoms with Crippen molar-refractivity contribution in [1.82, 2.24) is 0 Å². The highest BCUT2D eigenvalue weighted by Crippen LogP contribution is 2.41. The van der Waals surface area contributed by atoms with Gasteiger partial charge in [-0.1, -0.05) is 36.3 Å². The van der Waals surface area contributed by atoms with Gasteiger partial charge in [0.1, 0.15) is 5.82 Å². The van der Waals surface area contributed by atoms with Crippen LogP contribution >= 0.6 is 0 Å². The Balaban J connectivity index is 2.14. The highest BCUT2D eigenvalue weighted by atomic mass is 32.2. The molecule has 2 aromatic rings. The molecule has 0 amide bonds. The van der Waals surface area contributed by atoms with Gasteiger partial charge in [0.25, 0.3) is 10.0 Å². The Labute approximate surface area is 158 Å². The molecule has 0 bridgehead atoms. The van der Waals surface area contributed by atoms with Crippen LogP contribution in [0.5, 0.6) is 0 Å². The SMILES string of the molecule is CC1=CC(C)C(C)=C1c1cc(F)cc(F)c1NS(=O)(=O)c1ccc(C)cc1. The molecule has 3 rings (SSSR count). The maximum absolute atomic E-state index is 14.6. The van der Waals surface area contributed by atoms with Gasteiger partial charge in [0, 0.05) is 11.6 Å². The fraction of sp³-hybridized carbons (Fsp3) is 0.238. The summed E-state index contributed by atoms with van der Waals surface area (Å²) in [6.07, 6.45) is 1.99. The lowest BCUT2D eigenvalue weighted by Gasteiger charge is -2.17. The predicted octanol–water partition coefficient (Wildman–Crippen LogP) is 5.44. The summed E-state index contributed by atoms with van der Waals surface area (Å²) < 4.78 is 56.4. The van der Waals surface area contributed by atoms with E-state index >= 15 is 0 Å². The van der Waals surface area contributed by atoms with Crippen LogP contribution in [0.3, 0.4) is 0 Å². The van der Waals surface area contributed by atoms with Crippen molar-refractivity contribution < 1.29 is 17.2 Å². The zero-order valence-electron chi connectivity index (χ0n) is 15.6. The molecule has 1 atom stereocenters. The average Bonchev–Trinajstić information content (AvgIpc) is 2.83. The first-order valence-corrected chi connectivity index (χ1v) is 10.1. The van der Waals surface area contributed by atoms with Gasteiger partial charge in [0.15, 0.2) is 5.82 Å². The third-order valence-electron chi connectivity index (χ3n) is 4.86. The number of allylic oxidation sites excluding steroid dienone is 4. The Morgan fingerprint density at radius 3 is 2.19 bits per heavy atom. The molecular weight excluding hydrogens is 368 g/mol. The average molecular weight is 389 g/mol.